The number of sulfonamides is 1. The molecule has 3 fully saturated rings. The van der Waals surface area contributed by atoms with Gasteiger partial charge in [0.15, 0.2) is 11.6 Å². The maximum absolute atomic E-state index is 13.8. The first kappa shape index (κ1) is 32.7. The molecule has 1 aliphatic carbocycles. The Bertz CT molecular complexity index is 1510. The molecule has 1 aromatic carbocycles. The van der Waals surface area contributed by atoms with Crippen molar-refractivity contribution in [3.8, 4) is 5.75 Å². The van der Waals surface area contributed by atoms with E-state index in [1.807, 2.05) is 0 Å². The predicted molar refractivity (Wildman–Crippen MR) is 168 cm³/mol. The van der Waals surface area contributed by atoms with Gasteiger partial charge in [-0.2, -0.15) is 0 Å². The smallest absolute Gasteiger partial charge is 0.308 e. The highest BCUT2D eigenvalue weighted by molar-refractivity contribution is 7.92. The quantitative estimate of drug-likeness (QED) is 0.327. The maximum Gasteiger partial charge on any atom is 0.308 e. The topological polar surface area (TPSA) is 130 Å². The van der Waals surface area contributed by atoms with Crippen molar-refractivity contribution < 1.29 is 36.3 Å². The number of alkyl halides is 2. The first-order valence-corrected chi connectivity index (χ1v) is 17.0. The molecule has 1 aromatic heterocycles. The van der Waals surface area contributed by atoms with Crippen LogP contribution < -0.4 is 24.6 Å². The number of benzene rings is 1. The summed E-state index contributed by atoms with van der Waals surface area (Å²) in [6, 6.07) is 7.97. The number of nitrogens with zero attached hydrogens (tertiary/aromatic N) is 3. The second-order valence-corrected chi connectivity index (χ2v) is 14.3. The lowest BCUT2D eigenvalue weighted by molar-refractivity contribution is -0.146. The lowest BCUT2D eigenvalue weighted by Gasteiger charge is -2.35. The van der Waals surface area contributed by atoms with Gasteiger partial charge in [-0.1, -0.05) is 13.8 Å². The standard InChI is InChI=1S/C31H41F2N5O6S/c1-21(2)29(40)44-18-19-45(41,42)36-22-4-5-23(24(20-22)37-14-10-30(8-9-30)11-15-37)28(39)35-26-7-6-25(43-3)27(34-26)38-16-12-31(32,33)13-17-38/h4-7,20-21,36H,8-19H2,1-3H3,(H,34,35,39). The molecule has 3 aliphatic rings. The number of aromatic nitrogens is 1. The summed E-state index contributed by atoms with van der Waals surface area (Å²) < 4.78 is 66.1. The highest BCUT2D eigenvalue weighted by Gasteiger charge is 2.44. The van der Waals surface area contributed by atoms with Crippen LogP contribution in [0, 0.1) is 11.3 Å². The minimum atomic E-state index is -3.84. The van der Waals surface area contributed by atoms with E-state index in [0.717, 1.165) is 25.9 Å². The molecule has 0 bridgehead atoms. The van der Waals surface area contributed by atoms with Gasteiger partial charge in [0.2, 0.25) is 10.0 Å². The number of carbonyl (C=O) groups excluding carboxylic acids is 2. The van der Waals surface area contributed by atoms with Crippen molar-refractivity contribution in [1.29, 1.82) is 0 Å². The summed E-state index contributed by atoms with van der Waals surface area (Å²) >= 11 is 0. The first-order chi connectivity index (χ1) is 21.3. The Morgan fingerprint density at radius 3 is 2.27 bits per heavy atom. The van der Waals surface area contributed by atoms with Crippen molar-refractivity contribution in [3.63, 3.8) is 0 Å². The van der Waals surface area contributed by atoms with E-state index < -0.39 is 33.6 Å². The number of pyridine rings is 1. The third kappa shape index (κ3) is 8.13. The van der Waals surface area contributed by atoms with Gasteiger partial charge < -0.3 is 24.6 Å². The van der Waals surface area contributed by atoms with Gasteiger partial charge in [-0.05, 0) is 61.4 Å². The second-order valence-electron chi connectivity index (χ2n) is 12.5. The number of esters is 1. The number of hydrogen-bond donors (Lipinski definition) is 2. The summed E-state index contributed by atoms with van der Waals surface area (Å²) in [5.41, 5.74) is 1.59. The van der Waals surface area contributed by atoms with Crippen molar-refractivity contribution in [2.45, 2.75) is 58.3 Å². The third-order valence-corrected chi connectivity index (χ3v) is 10.1. The van der Waals surface area contributed by atoms with E-state index in [9.17, 15) is 26.8 Å². The molecule has 1 saturated carbocycles. The monoisotopic (exact) mass is 649 g/mol. The summed E-state index contributed by atoms with van der Waals surface area (Å²) in [4.78, 5) is 33.8. The number of rotatable bonds is 11. The van der Waals surface area contributed by atoms with E-state index in [2.05, 4.69) is 19.9 Å². The Balaban J connectivity index is 1.35. The third-order valence-electron chi connectivity index (χ3n) is 8.80. The van der Waals surface area contributed by atoms with E-state index >= 15 is 0 Å². The average molecular weight is 650 g/mol. The summed E-state index contributed by atoms with van der Waals surface area (Å²) in [6.45, 7) is 4.73. The molecule has 246 valence electrons. The van der Waals surface area contributed by atoms with E-state index in [1.165, 1.54) is 26.0 Å². The highest BCUT2D eigenvalue weighted by atomic mass is 32.2. The van der Waals surface area contributed by atoms with Crippen molar-refractivity contribution in [2.75, 3.05) is 65.5 Å². The summed E-state index contributed by atoms with van der Waals surface area (Å²) in [5.74, 6) is -3.39. The molecule has 0 unspecified atom stereocenters. The van der Waals surface area contributed by atoms with Crippen molar-refractivity contribution in [2.24, 2.45) is 11.3 Å². The molecule has 2 N–H and O–H groups in total. The Morgan fingerprint density at radius 2 is 1.64 bits per heavy atom. The molecule has 5 rings (SSSR count). The molecular formula is C31H41F2N5O6S. The molecule has 1 spiro atoms. The predicted octanol–water partition coefficient (Wildman–Crippen LogP) is 4.90. The van der Waals surface area contributed by atoms with Crippen LogP contribution in [0.25, 0.3) is 0 Å². The van der Waals surface area contributed by atoms with E-state index in [4.69, 9.17) is 9.47 Å². The summed E-state index contributed by atoms with van der Waals surface area (Å²) in [5, 5.41) is 2.83. The fraction of sp³-hybridized carbons (Fsp3) is 0.581. The van der Waals surface area contributed by atoms with Crippen LogP contribution in [0.2, 0.25) is 0 Å². The van der Waals surface area contributed by atoms with Gasteiger partial charge in [0.05, 0.1) is 30.0 Å². The zero-order valence-electron chi connectivity index (χ0n) is 25.9. The van der Waals surface area contributed by atoms with Crippen LogP contribution in [0.15, 0.2) is 30.3 Å². The SMILES string of the molecule is COc1ccc(NC(=O)c2ccc(NS(=O)(=O)CCOC(=O)C(C)C)cc2N2CCC3(CC2)CC3)nc1N1CCC(F)(F)CC1. The normalized spacial score (nSPS) is 18.9. The maximum atomic E-state index is 13.8. The van der Waals surface area contributed by atoms with Crippen LogP contribution in [0.4, 0.5) is 31.8 Å². The molecule has 11 nitrogen and oxygen atoms in total. The van der Waals surface area contributed by atoms with E-state index in [1.54, 1.807) is 43.0 Å². The lowest BCUT2D eigenvalue weighted by atomic mass is 9.93. The largest absolute Gasteiger partial charge is 0.493 e. The molecule has 2 saturated heterocycles. The number of halogens is 2. The fourth-order valence-corrected chi connectivity index (χ4v) is 6.61. The molecule has 45 heavy (non-hydrogen) atoms. The van der Waals surface area contributed by atoms with E-state index in [-0.39, 0.29) is 50.0 Å². The number of anilines is 4. The van der Waals surface area contributed by atoms with Crippen LogP contribution in [0.3, 0.4) is 0 Å². The molecule has 14 heteroatoms. The van der Waals surface area contributed by atoms with Crippen LogP contribution in [-0.2, 0) is 19.6 Å². The van der Waals surface area contributed by atoms with Crippen molar-refractivity contribution in [1.82, 2.24) is 4.98 Å². The lowest BCUT2D eigenvalue weighted by Crippen LogP contribution is -2.40. The molecule has 0 radical (unpaired) electrons. The van der Waals surface area contributed by atoms with E-state index in [0.29, 0.717) is 28.2 Å². The van der Waals surface area contributed by atoms with Gasteiger partial charge in [-0.3, -0.25) is 14.3 Å². The van der Waals surface area contributed by atoms with Crippen LogP contribution in [-0.4, -0.2) is 76.8 Å². The van der Waals surface area contributed by atoms with Crippen molar-refractivity contribution >= 4 is 44.9 Å². The van der Waals surface area contributed by atoms with Gasteiger partial charge in [0.1, 0.15) is 18.2 Å². The highest BCUT2D eigenvalue weighted by Crippen LogP contribution is 2.54. The number of amides is 1. The zero-order valence-corrected chi connectivity index (χ0v) is 26.7. The molecular weight excluding hydrogens is 608 g/mol. The number of methoxy groups -OCH3 is 1. The zero-order chi connectivity index (χ0) is 32.4. The molecule has 1 amide bonds. The second kappa shape index (κ2) is 13.0. The van der Waals surface area contributed by atoms with Crippen molar-refractivity contribution in [3.05, 3.63) is 35.9 Å². The molecule has 0 atom stereocenters. The Labute approximate surface area is 262 Å². The van der Waals surface area contributed by atoms with Gasteiger partial charge in [0, 0.05) is 39.0 Å². The summed E-state index contributed by atoms with van der Waals surface area (Å²) in [7, 11) is -2.37. The molecule has 3 heterocycles. The molecule has 2 aromatic rings. The minimum absolute atomic E-state index is 0.103. The van der Waals surface area contributed by atoms with Crippen LogP contribution >= 0.6 is 0 Å². The Hall–Kier alpha value is -3.68. The molecule has 2 aliphatic heterocycles. The average Bonchev–Trinajstić information content (AvgIpc) is 3.75. The van der Waals surface area contributed by atoms with Crippen LogP contribution in [0.1, 0.15) is 62.7 Å². The Kier molecular flexibility index (Phi) is 9.43. The number of hydrogen-bond acceptors (Lipinski definition) is 9. The summed E-state index contributed by atoms with van der Waals surface area (Å²) in [6.07, 6.45) is 3.79. The number of carbonyl (C=O) groups is 2. The van der Waals surface area contributed by atoms with Gasteiger partial charge >= 0.3 is 5.97 Å². The minimum Gasteiger partial charge on any atom is -0.493 e. The van der Waals surface area contributed by atoms with Gasteiger partial charge in [-0.25, -0.2) is 22.2 Å². The number of nitrogens with one attached hydrogen (secondary N) is 2. The number of ether oxygens (including phenoxy) is 2. The van der Waals surface area contributed by atoms with Crippen LogP contribution in [0.5, 0.6) is 5.75 Å². The fourth-order valence-electron chi connectivity index (χ4n) is 5.72. The van der Waals surface area contributed by atoms with Gasteiger partial charge in [-0.15, -0.1) is 0 Å². The first-order valence-electron chi connectivity index (χ1n) is 15.3. The van der Waals surface area contributed by atoms with Gasteiger partial charge in [0.25, 0.3) is 11.8 Å². The Morgan fingerprint density at radius 1 is 0.978 bits per heavy atom. The number of piperidine rings is 2.